The van der Waals surface area contributed by atoms with Crippen LogP contribution in [-0.2, 0) is 9.53 Å². The van der Waals surface area contributed by atoms with Crippen LogP contribution in [0.4, 0.5) is 5.69 Å². The van der Waals surface area contributed by atoms with Crippen LogP contribution in [0.25, 0.3) is 16.9 Å². The number of esters is 1. The van der Waals surface area contributed by atoms with E-state index in [9.17, 15) is 14.4 Å². The number of aromatic amines is 1. The van der Waals surface area contributed by atoms with Crippen molar-refractivity contribution in [3.63, 3.8) is 0 Å². The number of H-pyrrole nitrogens is 1. The number of ether oxygens (including phenoxy) is 2. The predicted octanol–water partition coefficient (Wildman–Crippen LogP) is 1.42. The molecule has 26 heavy (non-hydrogen) atoms. The Labute approximate surface area is 147 Å². The third-order valence-corrected chi connectivity index (χ3v) is 3.76. The van der Waals surface area contributed by atoms with E-state index in [2.05, 4.69) is 15.5 Å². The fourth-order valence-electron chi connectivity index (χ4n) is 2.58. The first kappa shape index (κ1) is 17.2. The molecule has 0 radical (unpaired) electrons. The number of pyridine rings is 1. The van der Waals surface area contributed by atoms with Crippen LogP contribution in [0.3, 0.4) is 0 Å². The number of nitrogens with zero attached hydrogens (tertiary/aromatic N) is 2. The Morgan fingerprint density at radius 2 is 2.00 bits per heavy atom. The van der Waals surface area contributed by atoms with E-state index < -0.39 is 11.5 Å². The Bertz CT molecular complexity index is 1020. The molecule has 1 amide bonds. The van der Waals surface area contributed by atoms with Gasteiger partial charge in [-0.15, -0.1) is 0 Å². The first-order chi connectivity index (χ1) is 12.4. The molecule has 2 N–H and O–H groups in total. The van der Waals surface area contributed by atoms with Crippen molar-refractivity contribution in [1.82, 2.24) is 14.8 Å². The molecular weight excluding hydrogens is 340 g/mol. The lowest BCUT2D eigenvalue weighted by atomic mass is 10.1. The molecule has 134 valence electrons. The highest BCUT2D eigenvalue weighted by atomic mass is 16.5. The zero-order valence-corrected chi connectivity index (χ0v) is 14.3. The van der Waals surface area contributed by atoms with E-state index in [0.29, 0.717) is 17.1 Å². The molecule has 1 aromatic carbocycles. The Balaban J connectivity index is 2.17. The summed E-state index contributed by atoms with van der Waals surface area (Å²) >= 11 is 0. The number of nitrogens with one attached hydrogen (secondary N) is 2. The van der Waals surface area contributed by atoms with E-state index in [1.54, 1.807) is 29.0 Å². The molecule has 0 saturated carbocycles. The number of carbonyl (C=O) groups is 2. The molecule has 0 spiro atoms. The van der Waals surface area contributed by atoms with Crippen LogP contribution < -0.4 is 15.6 Å². The number of anilines is 1. The summed E-state index contributed by atoms with van der Waals surface area (Å²) in [7, 11) is 2.73. The molecule has 0 unspecified atom stereocenters. The summed E-state index contributed by atoms with van der Waals surface area (Å²) in [6.07, 6.45) is 3.07. The minimum atomic E-state index is -0.613. The standard InChI is InChI=1S/C17H16N4O5/c1-9(22)18-13-5-4-10(6-14(13)25-2)21-7-11-15(19-20-16(11)23)12(8-21)17(24)26-3/h4-8H,1-3H3,(H,18,22)(H,20,23). The van der Waals surface area contributed by atoms with Gasteiger partial charge in [-0.3, -0.25) is 9.59 Å². The van der Waals surface area contributed by atoms with Gasteiger partial charge in [0.1, 0.15) is 17.0 Å². The van der Waals surface area contributed by atoms with E-state index in [1.165, 1.54) is 27.3 Å². The van der Waals surface area contributed by atoms with Crippen LogP contribution in [0, 0.1) is 0 Å². The molecule has 2 aliphatic heterocycles. The molecule has 1 aromatic rings. The fraction of sp³-hybridized carbons (Fsp3) is 0.176. The number of rotatable bonds is 4. The van der Waals surface area contributed by atoms with Gasteiger partial charge < -0.3 is 19.4 Å². The molecular formula is C17H16N4O5. The summed E-state index contributed by atoms with van der Waals surface area (Å²) in [5, 5.41) is 8.87. The van der Waals surface area contributed by atoms with Crippen LogP contribution in [0.15, 0.2) is 35.4 Å². The third kappa shape index (κ3) is 3.02. The second kappa shape index (κ2) is 6.71. The van der Waals surface area contributed by atoms with Crippen LogP contribution in [0.1, 0.15) is 17.3 Å². The molecule has 9 heteroatoms. The van der Waals surface area contributed by atoms with E-state index in [1.807, 2.05) is 0 Å². The van der Waals surface area contributed by atoms with E-state index in [0.717, 1.165) is 0 Å². The first-order valence-electron chi connectivity index (χ1n) is 7.59. The number of hydrogen-bond donors (Lipinski definition) is 2. The third-order valence-electron chi connectivity index (χ3n) is 3.76. The summed E-state index contributed by atoms with van der Waals surface area (Å²) in [5.41, 5.74) is 1.34. The SMILES string of the molecule is COC(=O)c1cn(-c2ccc(NC(C)=O)c(OC)c2)cc2c(=O)[nH]nc1-2. The lowest BCUT2D eigenvalue weighted by Crippen LogP contribution is -2.11. The zero-order valence-electron chi connectivity index (χ0n) is 14.3. The van der Waals surface area contributed by atoms with E-state index in [4.69, 9.17) is 9.47 Å². The van der Waals surface area contributed by atoms with Crippen molar-refractivity contribution in [3.8, 4) is 22.7 Å². The summed E-state index contributed by atoms with van der Waals surface area (Å²) in [6.45, 7) is 1.40. The van der Waals surface area contributed by atoms with Gasteiger partial charge in [-0.2, -0.15) is 5.10 Å². The summed E-state index contributed by atoms with van der Waals surface area (Å²) in [5.74, 6) is -0.412. The molecule has 3 rings (SSSR count). The molecule has 0 aromatic heterocycles. The minimum Gasteiger partial charge on any atom is -0.494 e. The Morgan fingerprint density at radius 3 is 2.65 bits per heavy atom. The number of carbonyl (C=O) groups excluding carboxylic acids is 2. The second-order valence-corrected chi connectivity index (χ2v) is 5.45. The van der Waals surface area contributed by atoms with Crippen molar-refractivity contribution in [1.29, 1.82) is 0 Å². The highest BCUT2D eigenvalue weighted by Gasteiger charge is 2.22. The molecule has 0 bridgehead atoms. The van der Waals surface area contributed by atoms with Gasteiger partial charge in [0.2, 0.25) is 5.91 Å². The van der Waals surface area contributed by atoms with Gasteiger partial charge in [-0.05, 0) is 12.1 Å². The number of amides is 1. The van der Waals surface area contributed by atoms with Gasteiger partial charge in [-0.25, -0.2) is 9.89 Å². The van der Waals surface area contributed by atoms with Gasteiger partial charge in [0, 0.05) is 31.1 Å². The smallest absolute Gasteiger partial charge is 0.341 e. The maximum Gasteiger partial charge on any atom is 0.341 e. The van der Waals surface area contributed by atoms with Crippen molar-refractivity contribution >= 4 is 17.6 Å². The maximum absolute atomic E-state index is 12.1. The van der Waals surface area contributed by atoms with Crippen molar-refractivity contribution < 1.29 is 19.1 Å². The number of aromatic nitrogens is 3. The topological polar surface area (TPSA) is 115 Å². The van der Waals surface area contributed by atoms with Crippen molar-refractivity contribution in [2.45, 2.75) is 6.92 Å². The highest BCUT2D eigenvalue weighted by Crippen LogP contribution is 2.29. The molecule has 2 heterocycles. The Morgan fingerprint density at radius 1 is 1.23 bits per heavy atom. The molecule has 0 aliphatic carbocycles. The number of hydrogen-bond acceptors (Lipinski definition) is 6. The highest BCUT2D eigenvalue weighted by molar-refractivity contribution is 5.96. The number of methoxy groups -OCH3 is 2. The molecule has 0 saturated heterocycles. The summed E-state index contributed by atoms with van der Waals surface area (Å²) < 4.78 is 11.7. The van der Waals surface area contributed by atoms with Crippen molar-refractivity contribution in [2.24, 2.45) is 0 Å². The van der Waals surface area contributed by atoms with E-state index >= 15 is 0 Å². The monoisotopic (exact) mass is 356 g/mol. The molecule has 2 aliphatic rings. The van der Waals surface area contributed by atoms with Crippen molar-refractivity contribution in [2.75, 3.05) is 19.5 Å². The minimum absolute atomic E-state index is 0.147. The fourth-order valence-corrected chi connectivity index (χ4v) is 2.58. The normalized spacial score (nSPS) is 10.6. The Hall–Kier alpha value is -3.62. The maximum atomic E-state index is 12.1. The van der Waals surface area contributed by atoms with Crippen LogP contribution in [0.2, 0.25) is 0 Å². The van der Waals surface area contributed by atoms with Crippen LogP contribution in [0.5, 0.6) is 5.75 Å². The lowest BCUT2D eigenvalue weighted by Gasteiger charge is -2.15. The number of fused-ring (bicyclic) bond motifs is 1. The van der Waals surface area contributed by atoms with Gasteiger partial charge in [-0.1, -0.05) is 0 Å². The average molecular weight is 356 g/mol. The average Bonchev–Trinajstić information content (AvgIpc) is 3.01. The Kier molecular flexibility index (Phi) is 4.44. The lowest BCUT2D eigenvalue weighted by molar-refractivity contribution is -0.114. The van der Waals surface area contributed by atoms with Crippen LogP contribution in [-0.4, -0.2) is 40.9 Å². The molecule has 0 fully saturated rings. The van der Waals surface area contributed by atoms with Crippen molar-refractivity contribution in [3.05, 3.63) is 46.5 Å². The predicted molar refractivity (Wildman–Crippen MR) is 93.0 cm³/mol. The summed E-state index contributed by atoms with van der Waals surface area (Å²) in [4.78, 5) is 35.3. The van der Waals surface area contributed by atoms with Gasteiger partial charge in [0.05, 0.1) is 25.5 Å². The molecule has 0 atom stereocenters. The molecule has 9 nitrogen and oxygen atoms in total. The van der Waals surface area contributed by atoms with E-state index in [-0.39, 0.29) is 22.7 Å². The quantitative estimate of drug-likeness (QED) is 0.683. The largest absolute Gasteiger partial charge is 0.494 e. The first-order valence-corrected chi connectivity index (χ1v) is 7.59. The second-order valence-electron chi connectivity index (χ2n) is 5.45. The van der Waals surface area contributed by atoms with Gasteiger partial charge in [0.25, 0.3) is 5.56 Å². The van der Waals surface area contributed by atoms with Crippen LogP contribution >= 0.6 is 0 Å². The summed E-state index contributed by atoms with van der Waals surface area (Å²) in [6, 6.07) is 5.05. The zero-order chi connectivity index (χ0) is 18.8. The van der Waals surface area contributed by atoms with Gasteiger partial charge in [0.15, 0.2) is 0 Å². The van der Waals surface area contributed by atoms with Gasteiger partial charge >= 0.3 is 5.97 Å². The number of benzene rings is 1.